The van der Waals surface area contributed by atoms with Crippen LogP contribution in [0.4, 0.5) is 11.6 Å². The van der Waals surface area contributed by atoms with Crippen LogP contribution in [-0.2, 0) is 10.0 Å². The number of rotatable bonds is 5. The van der Waals surface area contributed by atoms with Gasteiger partial charge in [0.15, 0.2) is 5.76 Å². The maximum absolute atomic E-state index is 13.3. The molecule has 1 atom stereocenters. The smallest absolute Gasteiger partial charge is 0.249 e. The summed E-state index contributed by atoms with van der Waals surface area (Å²) in [5.41, 5.74) is 1.84. The van der Waals surface area contributed by atoms with Crippen molar-refractivity contribution in [2.45, 2.75) is 44.6 Å². The molecule has 1 aliphatic rings. The second-order valence-corrected chi connectivity index (χ2v) is 8.87. The molecule has 10 heteroatoms. The van der Waals surface area contributed by atoms with Crippen LogP contribution in [0, 0.1) is 20.8 Å². The van der Waals surface area contributed by atoms with E-state index >= 15 is 0 Å². The predicted molar refractivity (Wildman–Crippen MR) is 106 cm³/mol. The lowest BCUT2D eigenvalue weighted by molar-refractivity contribution is 0.381. The molecule has 1 fully saturated rings. The highest BCUT2D eigenvalue weighted by Crippen LogP contribution is 2.37. The Morgan fingerprint density at radius 3 is 2.69 bits per heavy atom. The van der Waals surface area contributed by atoms with E-state index in [9.17, 15) is 8.42 Å². The lowest BCUT2D eigenvalue weighted by Gasteiger charge is -2.23. The number of pyridine rings is 1. The van der Waals surface area contributed by atoms with Crippen molar-refractivity contribution < 1.29 is 12.9 Å². The Hall–Kier alpha value is -2.85. The van der Waals surface area contributed by atoms with E-state index in [0.29, 0.717) is 41.7 Å². The van der Waals surface area contributed by atoms with Crippen LogP contribution in [0.3, 0.4) is 0 Å². The predicted octanol–water partition coefficient (Wildman–Crippen LogP) is 3.05. The average molecular weight is 414 g/mol. The summed E-state index contributed by atoms with van der Waals surface area (Å²) < 4.78 is 33.1. The third-order valence-electron chi connectivity index (χ3n) is 4.88. The van der Waals surface area contributed by atoms with Gasteiger partial charge >= 0.3 is 0 Å². The van der Waals surface area contributed by atoms with Crippen molar-refractivity contribution in [1.29, 1.82) is 0 Å². The Morgan fingerprint density at radius 2 is 1.97 bits per heavy atom. The van der Waals surface area contributed by atoms with Crippen molar-refractivity contribution in [1.82, 2.24) is 24.4 Å². The number of aromatic nitrogens is 4. The van der Waals surface area contributed by atoms with Gasteiger partial charge in [-0.05, 0) is 45.7 Å². The third-order valence-corrected chi connectivity index (χ3v) is 7.03. The van der Waals surface area contributed by atoms with Gasteiger partial charge in [-0.1, -0.05) is 11.2 Å². The molecule has 4 heterocycles. The van der Waals surface area contributed by atoms with Gasteiger partial charge in [0.2, 0.25) is 10.0 Å². The summed E-state index contributed by atoms with van der Waals surface area (Å²) in [5, 5.41) is 6.92. The van der Waals surface area contributed by atoms with E-state index in [4.69, 9.17) is 4.52 Å². The molecular formula is C19H22N6O3S. The summed E-state index contributed by atoms with van der Waals surface area (Å²) in [5.74, 6) is 1.46. The van der Waals surface area contributed by atoms with E-state index < -0.39 is 16.1 Å². The Morgan fingerprint density at radius 1 is 1.14 bits per heavy atom. The van der Waals surface area contributed by atoms with E-state index in [1.165, 1.54) is 4.31 Å². The monoisotopic (exact) mass is 414 g/mol. The molecule has 1 N–H and O–H groups in total. The highest BCUT2D eigenvalue weighted by molar-refractivity contribution is 7.89. The Labute approximate surface area is 169 Å². The van der Waals surface area contributed by atoms with Crippen LogP contribution in [0.15, 0.2) is 40.0 Å². The van der Waals surface area contributed by atoms with Crippen LogP contribution in [0.25, 0.3) is 0 Å². The minimum absolute atomic E-state index is 0.135. The van der Waals surface area contributed by atoms with Crippen molar-refractivity contribution in [3.05, 3.63) is 53.4 Å². The molecule has 9 nitrogen and oxygen atoms in total. The summed E-state index contributed by atoms with van der Waals surface area (Å²) >= 11 is 0. The molecule has 3 aromatic rings. The summed E-state index contributed by atoms with van der Waals surface area (Å²) in [6.07, 6.45) is 4.62. The first-order valence-electron chi connectivity index (χ1n) is 9.33. The largest absolute Gasteiger partial charge is 0.360 e. The van der Waals surface area contributed by atoms with Gasteiger partial charge in [-0.3, -0.25) is 4.98 Å². The van der Waals surface area contributed by atoms with Crippen molar-refractivity contribution in [2.75, 3.05) is 11.9 Å². The van der Waals surface area contributed by atoms with Gasteiger partial charge in [-0.25, -0.2) is 18.4 Å². The normalized spacial score (nSPS) is 17.6. The van der Waals surface area contributed by atoms with Gasteiger partial charge in [0.05, 0.1) is 24.1 Å². The molecule has 152 valence electrons. The molecule has 1 aliphatic heterocycles. The van der Waals surface area contributed by atoms with Gasteiger partial charge < -0.3 is 9.84 Å². The molecule has 29 heavy (non-hydrogen) atoms. The third kappa shape index (κ3) is 3.73. The zero-order valence-electron chi connectivity index (χ0n) is 16.5. The quantitative estimate of drug-likeness (QED) is 0.677. The molecule has 4 rings (SSSR count). The average Bonchev–Trinajstić information content (AvgIpc) is 3.29. The first kappa shape index (κ1) is 19.5. The fourth-order valence-electron chi connectivity index (χ4n) is 3.63. The fraction of sp³-hybridized carbons (Fsp3) is 0.368. The van der Waals surface area contributed by atoms with Gasteiger partial charge in [0, 0.05) is 12.2 Å². The standard InChI is InChI=1S/C19H22N6O3S/c1-12-6-4-8-17(21-12)23-18-11-20-10-15(22-18)16-7-5-9-25(16)29(26,27)19-13(2)24-28-14(19)3/h4,6,8,10-11,16H,5,7,9H2,1-3H3,(H,21,22,23)/t16-/m1/s1. The van der Waals surface area contributed by atoms with E-state index in [0.717, 1.165) is 12.1 Å². The molecular weight excluding hydrogens is 392 g/mol. The lowest BCUT2D eigenvalue weighted by Crippen LogP contribution is -2.31. The second kappa shape index (κ2) is 7.53. The summed E-state index contributed by atoms with van der Waals surface area (Å²) in [7, 11) is -3.75. The van der Waals surface area contributed by atoms with Gasteiger partial charge in [0.25, 0.3) is 0 Å². The van der Waals surface area contributed by atoms with Crippen molar-refractivity contribution in [3.8, 4) is 0 Å². The molecule has 0 spiro atoms. The Bertz CT molecular complexity index is 1120. The van der Waals surface area contributed by atoms with Gasteiger partial charge in [0.1, 0.15) is 22.2 Å². The van der Waals surface area contributed by atoms with E-state index in [1.807, 2.05) is 25.1 Å². The molecule has 0 aromatic carbocycles. The number of anilines is 2. The molecule has 0 bridgehead atoms. The molecule has 0 radical (unpaired) electrons. The van der Waals surface area contributed by atoms with Crippen LogP contribution in [0.2, 0.25) is 0 Å². The number of nitrogens with one attached hydrogen (secondary N) is 1. The van der Waals surface area contributed by atoms with Crippen LogP contribution in [0.1, 0.15) is 41.7 Å². The maximum atomic E-state index is 13.3. The van der Waals surface area contributed by atoms with E-state index in [-0.39, 0.29) is 4.90 Å². The van der Waals surface area contributed by atoms with Crippen LogP contribution in [-0.4, -0.2) is 39.4 Å². The number of nitrogens with zero attached hydrogens (tertiary/aromatic N) is 5. The molecule has 1 saturated heterocycles. The van der Waals surface area contributed by atoms with Gasteiger partial charge in [-0.15, -0.1) is 0 Å². The summed E-state index contributed by atoms with van der Waals surface area (Å²) in [6.45, 7) is 5.56. The number of hydrogen-bond donors (Lipinski definition) is 1. The van der Waals surface area contributed by atoms with Crippen molar-refractivity contribution in [2.24, 2.45) is 0 Å². The lowest BCUT2D eigenvalue weighted by atomic mass is 10.2. The van der Waals surface area contributed by atoms with E-state index in [2.05, 4.69) is 25.4 Å². The van der Waals surface area contributed by atoms with Crippen LogP contribution < -0.4 is 5.32 Å². The highest BCUT2D eigenvalue weighted by Gasteiger charge is 2.40. The van der Waals surface area contributed by atoms with E-state index in [1.54, 1.807) is 26.2 Å². The molecule has 0 aliphatic carbocycles. The fourth-order valence-corrected chi connectivity index (χ4v) is 5.59. The van der Waals surface area contributed by atoms with Gasteiger partial charge in [-0.2, -0.15) is 4.31 Å². The van der Waals surface area contributed by atoms with Crippen molar-refractivity contribution in [3.63, 3.8) is 0 Å². The second-order valence-electron chi connectivity index (χ2n) is 7.05. The molecule has 0 unspecified atom stereocenters. The van der Waals surface area contributed by atoms with Crippen molar-refractivity contribution >= 4 is 21.7 Å². The van der Waals surface area contributed by atoms with Crippen LogP contribution >= 0.6 is 0 Å². The number of aryl methyl sites for hydroxylation is 3. The first-order valence-corrected chi connectivity index (χ1v) is 10.8. The first-order chi connectivity index (χ1) is 13.9. The Balaban J connectivity index is 1.64. The number of hydrogen-bond acceptors (Lipinski definition) is 8. The maximum Gasteiger partial charge on any atom is 0.249 e. The summed E-state index contributed by atoms with van der Waals surface area (Å²) in [6, 6.07) is 5.25. The number of sulfonamides is 1. The highest BCUT2D eigenvalue weighted by atomic mass is 32.2. The SMILES string of the molecule is Cc1cccc(Nc2cncc([C@H]3CCCN3S(=O)(=O)c3c(C)noc3C)n2)n1. The summed E-state index contributed by atoms with van der Waals surface area (Å²) in [4.78, 5) is 13.4. The van der Waals surface area contributed by atoms with Crippen LogP contribution in [0.5, 0.6) is 0 Å². The Kier molecular flexibility index (Phi) is 5.05. The zero-order valence-corrected chi connectivity index (χ0v) is 17.3. The molecule has 0 amide bonds. The molecule has 0 saturated carbocycles. The zero-order chi connectivity index (χ0) is 20.6. The minimum Gasteiger partial charge on any atom is -0.360 e. The minimum atomic E-state index is -3.75. The molecule has 3 aromatic heterocycles. The topological polar surface area (TPSA) is 114 Å².